The Morgan fingerprint density at radius 2 is 1.69 bits per heavy atom. The molecule has 8 nitrogen and oxygen atoms in total. The van der Waals surface area contributed by atoms with Crippen molar-refractivity contribution in [1.29, 1.82) is 0 Å². The molecular formula is C26H24N4O4S. The lowest BCUT2D eigenvalue weighted by Crippen LogP contribution is -2.48. The van der Waals surface area contributed by atoms with E-state index in [0.29, 0.717) is 34.8 Å². The summed E-state index contributed by atoms with van der Waals surface area (Å²) in [5.41, 5.74) is 1.17. The van der Waals surface area contributed by atoms with Gasteiger partial charge in [0.05, 0.1) is 30.1 Å². The summed E-state index contributed by atoms with van der Waals surface area (Å²) in [4.78, 5) is 38.5. The van der Waals surface area contributed by atoms with Crippen LogP contribution in [0.4, 0.5) is 0 Å². The molecule has 2 aromatic heterocycles. The van der Waals surface area contributed by atoms with Crippen LogP contribution in [0.25, 0.3) is 10.9 Å². The molecule has 3 heterocycles. The van der Waals surface area contributed by atoms with Crippen LogP contribution in [0, 0.1) is 0 Å². The molecule has 0 fully saturated rings. The molecule has 9 heteroatoms. The van der Waals surface area contributed by atoms with E-state index in [9.17, 15) is 9.59 Å². The number of fused-ring (bicyclic) bond motifs is 2. The van der Waals surface area contributed by atoms with Crippen LogP contribution < -0.4 is 15.0 Å². The maximum Gasteiger partial charge on any atom is 0.262 e. The van der Waals surface area contributed by atoms with Crippen molar-refractivity contribution in [3.8, 4) is 11.5 Å². The van der Waals surface area contributed by atoms with Gasteiger partial charge in [-0.25, -0.2) is 9.97 Å². The number of carbonyl (C=O) groups excluding carboxylic acids is 1. The standard InChI is InChI=1S/C26H24N4O4S/c1-16-24(31)29(15-17-9-5-4-6-10-17)26(35-22-11-7-8-12-27-22)23-28-19-14-21(34-3)20(33-2)13-18(19)25(32)30(16)23/h4-14,16,26H,15H2,1-3H3/t16-,26+/m0/s1. The first kappa shape index (κ1) is 22.9. The highest BCUT2D eigenvalue weighted by Crippen LogP contribution is 2.42. The molecule has 5 rings (SSSR count). The first-order valence-electron chi connectivity index (χ1n) is 11.1. The van der Waals surface area contributed by atoms with Crippen LogP contribution in [-0.4, -0.2) is 39.6 Å². The van der Waals surface area contributed by atoms with E-state index in [4.69, 9.17) is 14.5 Å². The molecule has 1 amide bonds. The van der Waals surface area contributed by atoms with E-state index in [-0.39, 0.29) is 11.5 Å². The van der Waals surface area contributed by atoms with Crippen molar-refractivity contribution < 1.29 is 14.3 Å². The van der Waals surface area contributed by atoms with Crippen molar-refractivity contribution in [3.63, 3.8) is 0 Å². The molecule has 0 radical (unpaired) electrons. The molecule has 0 N–H and O–H groups in total. The van der Waals surface area contributed by atoms with Gasteiger partial charge >= 0.3 is 0 Å². The number of aromatic nitrogens is 3. The molecule has 0 spiro atoms. The van der Waals surface area contributed by atoms with Crippen molar-refractivity contribution in [2.24, 2.45) is 0 Å². The minimum Gasteiger partial charge on any atom is -0.493 e. The van der Waals surface area contributed by atoms with Crippen LogP contribution in [0.5, 0.6) is 11.5 Å². The third kappa shape index (κ3) is 4.12. The Morgan fingerprint density at radius 3 is 2.37 bits per heavy atom. The Labute approximate surface area is 206 Å². The van der Waals surface area contributed by atoms with E-state index >= 15 is 0 Å². The highest BCUT2D eigenvalue weighted by atomic mass is 32.2. The maximum atomic E-state index is 13.7. The molecule has 0 saturated heterocycles. The Bertz CT molecular complexity index is 1440. The quantitative estimate of drug-likeness (QED) is 0.402. The van der Waals surface area contributed by atoms with E-state index in [2.05, 4.69) is 4.98 Å². The number of benzene rings is 2. The van der Waals surface area contributed by atoms with E-state index < -0.39 is 11.4 Å². The van der Waals surface area contributed by atoms with Gasteiger partial charge in [-0.05, 0) is 30.7 Å². The fourth-order valence-electron chi connectivity index (χ4n) is 4.29. The molecule has 1 aliphatic heterocycles. The summed E-state index contributed by atoms with van der Waals surface area (Å²) in [6, 6.07) is 18.0. The van der Waals surface area contributed by atoms with Crippen molar-refractivity contribution in [2.75, 3.05) is 14.2 Å². The largest absolute Gasteiger partial charge is 0.493 e. The van der Waals surface area contributed by atoms with Gasteiger partial charge in [-0.1, -0.05) is 48.2 Å². The SMILES string of the molecule is COc1cc2nc3n(c(=O)c2cc1OC)[C@@H](C)C(=O)N(Cc1ccccc1)[C@@H]3Sc1ccccn1. The minimum absolute atomic E-state index is 0.154. The molecule has 1 aliphatic rings. The van der Waals surface area contributed by atoms with E-state index in [1.165, 1.54) is 30.5 Å². The highest BCUT2D eigenvalue weighted by Gasteiger charge is 2.40. The molecule has 2 atom stereocenters. The lowest BCUT2D eigenvalue weighted by molar-refractivity contribution is -0.138. The van der Waals surface area contributed by atoms with E-state index in [0.717, 1.165) is 10.6 Å². The average molecular weight is 489 g/mol. The zero-order valence-corrected chi connectivity index (χ0v) is 20.4. The molecular weight excluding hydrogens is 464 g/mol. The average Bonchev–Trinajstić information content (AvgIpc) is 2.89. The second-order valence-electron chi connectivity index (χ2n) is 8.14. The Balaban J connectivity index is 1.72. The van der Waals surface area contributed by atoms with Crippen LogP contribution >= 0.6 is 11.8 Å². The Kier molecular flexibility index (Phi) is 6.17. The molecule has 0 aliphatic carbocycles. The van der Waals surface area contributed by atoms with Crippen LogP contribution in [0.15, 0.2) is 76.7 Å². The smallest absolute Gasteiger partial charge is 0.262 e. The van der Waals surface area contributed by atoms with Crippen LogP contribution in [-0.2, 0) is 11.3 Å². The normalized spacial score (nSPS) is 17.3. The lowest BCUT2D eigenvalue weighted by atomic mass is 10.1. The second kappa shape index (κ2) is 9.42. The topological polar surface area (TPSA) is 86.6 Å². The fourth-order valence-corrected chi connectivity index (χ4v) is 5.37. The zero-order valence-electron chi connectivity index (χ0n) is 19.5. The number of carbonyl (C=O) groups is 1. The summed E-state index contributed by atoms with van der Waals surface area (Å²) >= 11 is 1.39. The predicted molar refractivity (Wildman–Crippen MR) is 134 cm³/mol. The molecule has 35 heavy (non-hydrogen) atoms. The van der Waals surface area contributed by atoms with Crippen molar-refractivity contribution in [3.05, 3.63) is 88.6 Å². The van der Waals surface area contributed by atoms with Gasteiger partial charge in [0.25, 0.3) is 5.56 Å². The van der Waals surface area contributed by atoms with Crippen LogP contribution in [0.2, 0.25) is 0 Å². The summed E-state index contributed by atoms with van der Waals surface area (Å²) < 4.78 is 12.3. The number of ether oxygens (including phenoxy) is 2. The van der Waals surface area contributed by atoms with Crippen molar-refractivity contribution >= 4 is 28.6 Å². The van der Waals surface area contributed by atoms with Gasteiger partial charge in [0.1, 0.15) is 17.2 Å². The monoisotopic (exact) mass is 488 g/mol. The molecule has 178 valence electrons. The lowest BCUT2D eigenvalue weighted by Gasteiger charge is -2.39. The zero-order chi connectivity index (χ0) is 24.5. The first-order valence-corrected chi connectivity index (χ1v) is 12.0. The molecule has 0 bridgehead atoms. The predicted octanol–water partition coefficient (Wildman–Crippen LogP) is 4.20. The van der Waals surface area contributed by atoms with Crippen LogP contribution in [0.1, 0.15) is 29.7 Å². The molecule has 0 unspecified atom stereocenters. The molecule has 4 aromatic rings. The Hall–Kier alpha value is -3.85. The van der Waals surface area contributed by atoms with E-state index in [1.54, 1.807) is 30.2 Å². The van der Waals surface area contributed by atoms with Gasteiger partial charge in [-0.3, -0.25) is 14.2 Å². The van der Waals surface area contributed by atoms with Gasteiger partial charge in [0, 0.05) is 18.8 Å². The second-order valence-corrected chi connectivity index (χ2v) is 9.24. The molecule has 2 aromatic carbocycles. The summed E-state index contributed by atoms with van der Waals surface area (Å²) in [5.74, 6) is 1.25. The summed E-state index contributed by atoms with van der Waals surface area (Å²) in [6.07, 6.45) is 1.70. The van der Waals surface area contributed by atoms with Gasteiger partial charge in [-0.15, -0.1) is 0 Å². The third-order valence-electron chi connectivity index (χ3n) is 6.03. The van der Waals surface area contributed by atoms with E-state index in [1.807, 2.05) is 48.5 Å². The number of thioether (sulfide) groups is 1. The van der Waals surface area contributed by atoms with Crippen molar-refractivity contribution in [1.82, 2.24) is 19.4 Å². The Morgan fingerprint density at radius 1 is 0.971 bits per heavy atom. The number of methoxy groups -OCH3 is 2. The number of rotatable bonds is 6. The van der Waals surface area contributed by atoms with Crippen molar-refractivity contribution in [2.45, 2.75) is 29.9 Å². The summed E-state index contributed by atoms with van der Waals surface area (Å²) in [5, 5.41) is 0.536. The number of hydrogen-bond donors (Lipinski definition) is 0. The van der Waals surface area contributed by atoms with Gasteiger partial charge < -0.3 is 14.4 Å². The minimum atomic E-state index is -0.716. The third-order valence-corrected chi connectivity index (χ3v) is 7.20. The maximum absolute atomic E-state index is 13.7. The molecule has 0 saturated carbocycles. The fraction of sp³-hybridized carbons (Fsp3) is 0.231. The first-order chi connectivity index (χ1) is 17.0. The number of hydrogen-bond acceptors (Lipinski definition) is 7. The number of nitrogens with zero attached hydrogens (tertiary/aromatic N) is 4. The van der Waals surface area contributed by atoms with Gasteiger partial charge in [0.2, 0.25) is 5.91 Å². The number of amides is 1. The number of pyridine rings is 1. The highest BCUT2D eigenvalue weighted by molar-refractivity contribution is 7.99. The summed E-state index contributed by atoms with van der Waals surface area (Å²) in [7, 11) is 3.05. The summed E-state index contributed by atoms with van der Waals surface area (Å²) in [6.45, 7) is 2.12. The van der Waals surface area contributed by atoms with Gasteiger partial charge in [-0.2, -0.15) is 0 Å². The van der Waals surface area contributed by atoms with Gasteiger partial charge in [0.15, 0.2) is 11.5 Å². The van der Waals surface area contributed by atoms with Crippen LogP contribution in [0.3, 0.4) is 0 Å².